The van der Waals surface area contributed by atoms with E-state index in [1.54, 1.807) is 11.3 Å². The van der Waals surface area contributed by atoms with E-state index in [1.807, 2.05) is 36.7 Å². The monoisotopic (exact) mass is 445 g/mol. The van der Waals surface area contributed by atoms with E-state index in [2.05, 4.69) is 57.7 Å². The third-order valence-corrected chi connectivity index (χ3v) is 7.28. The molecule has 6 aromatic rings. The number of aromatic nitrogens is 4. The topological polar surface area (TPSA) is 63.6 Å². The van der Waals surface area contributed by atoms with Gasteiger partial charge in [0.2, 0.25) is 0 Å². The third kappa shape index (κ3) is 3.31. The molecule has 0 radical (unpaired) electrons. The molecule has 1 aliphatic rings. The quantitative estimate of drug-likeness (QED) is 0.314. The Morgan fingerprint density at radius 1 is 0.818 bits per heavy atom. The molecule has 1 saturated carbocycles. The fourth-order valence-corrected chi connectivity index (χ4v) is 5.46. The third-order valence-electron chi connectivity index (χ3n) is 6.10. The summed E-state index contributed by atoms with van der Waals surface area (Å²) in [4.78, 5) is 19.1. The number of thiazole rings is 1. The summed E-state index contributed by atoms with van der Waals surface area (Å²) >= 11 is 1.81. The minimum atomic E-state index is 0.668. The summed E-state index contributed by atoms with van der Waals surface area (Å²) in [5, 5.41) is 6.90. The average Bonchev–Trinajstić information content (AvgIpc) is 3.63. The van der Waals surface area contributed by atoms with Gasteiger partial charge in [-0.25, -0.2) is 9.97 Å². The normalized spacial score (nSPS) is 13.7. The van der Waals surface area contributed by atoms with Crippen LogP contribution in [0.3, 0.4) is 0 Å². The summed E-state index contributed by atoms with van der Waals surface area (Å²) in [5.74, 6) is 1.45. The molecule has 7 rings (SSSR count). The molecule has 0 saturated heterocycles. The van der Waals surface area contributed by atoms with E-state index in [0.29, 0.717) is 5.92 Å². The molecule has 5 nitrogen and oxygen atoms in total. The summed E-state index contributed by atoms with van der Waals surface area (Å²) in [6.45, 7) is 0. The highest BCUT2D eigenvalue weighted by Gasteiger charge is 2.27. The first kappa shape index (κ1) is 18.7. The molecule has 1 N–H and O–H groups in total. The van der Waals surface area contributed by atoms with E-state index >= 15 is 0 Å². The summed E-state index contributed by atoms with van der Waals surface area (Å²) < 4.78 is 1.21. The zero-order valence-corrected chi connectivity index (χ0v) is 18.5. The van der Waals surface area contributed by atoms with Crippen molar-refractivity contribution in [3.8, 4) is 11.3 Å². The predicted octanol–water partition coefficient (Wildman–Crippen LogP) is 7.08. The molecule has 0 bridgehead atoms. The lowest BCUT2D eigenvalue weighted by Gasteiger charge is -2.12. The smallest absolute Gasteiger partial charge is 0.140 e. The van der Waals surface area contributed by atoms with Crippen molar-refractivity contribution in [3.05, 3.63) is 84.1 Å². The highest BCUT2D eigenvalue weighted by atomic mass is 32.1. The Hall–Kier alpha value is -3.90. The van der Waals surface area contributed by atoms with Crippen molar-refractivity contribution in [2.45, 2.75) is 18.8 Å². The lowest BCUT2D eigenvalue weighted by molar-refractivity contribution is 1.10. The summed E-state index contributed by atoms with van der Waals surface area (Å²) in [6, 6.07) is 22.6. The van der Waals surface area contributed by atoms with Crippen LogP contribution < -0.4 is 5.32 Å². The predicted molar refractivity (Wildman–Crippen MR) is 135 cm³/mol. The number of para-hydroxylation sites is 1. The van der Waals surface area contributed by atoms with Crippen molar-refractivity contribution in [1.29, 1.82) is 0 Å². The molecular weight excluding hydrogens is 426 g/mol. The first-order chi connectivity index (χ1) is 16.3. The van der Waals surface area contributed by atoms with Crippen LogP contribution in [0.15, 0.2) is 79.1 Å². The van der Waals surface area contributed by atoms with E-state index < -0.39 is 0 Å². The molecule has 33 heavy (non-hydrogen) atoms. The van der Waals surface area contributed by atoms with Crippen LogP contribution in [0.4, 0.5) is 11.5 Å². The summed E-state index contributed by atoms with van der Waals surface area (Å²) in [5.41, 5.74) is 5.75. The fourth-order valence-electron chi connectivity index (χ4n) is 4.28. The zero-order chi connectivity index (χ0) is 21.8. The first-order valence-corrected chi connectivity index (χ1v) is 11.9. The largest absolute Gasteiger partial charge is 0.340 e. The molecule has 0 spiro atoms. The van der Waals surface area contributed by atoms with Gasteiger partial charge in [-0.05, 0) is 55.3 Å². The van der Waals surface area contributed by atoms with Crippen LogP contribution in [-0.4, -0.2) is 19.9 Å². The number of anilines is 2. The number of benzene rings is 2. The van der Waals surface area contributed by atoms with Crippen molar-refractivity contribution >= 4 is 54.9 Å². The van der Waals surface area contributed by atoms with Gasteiger partial charge in [-0.2, -0.15) is 0 Å². The number of nitrogens with one attached hydrogen (secondary N) is 1. The van der Waals surface area contributed by atoms with Gasteiger partial charge in [0.05, 0.1) is 32.0 Å². The van der Waals surface area contributed by atoms with E-state index in [1.165, 1.54) is 22.5 Å². The molecule has 4 heterocycles. The molecule has 0 atom stereocenters. The molecule has 0 amide bonds. The van der Waals surface area contributed by atoms with E-state index in [0.717, 1.165) is 50.1 Å². The highest BCUT2D eigenvalue weighted by molar-refractivity contribution is 7.18. The molecule has 0 aliphatic heterocycles. The maximum absolute atomic E-state index is 5.04. The minimum Gasteiger partial charge on any atom is -0.340 e. The van der Waals surface area contributed by atoms with Gasteiger partial charge >= 0.3 is 0 Å². The Bertz CT molecular complexity index is 1660. The first-order valence-electron chi connectivity index (χ1n) is 11.1. The maximum Gasteiger partial charge on any atom is 0.140 e. The Balaban J connectivity index is 1.36. The van der Waals surface area contributed by atoms with Gasteiger partial charge in [0.25, 0.3) is 0 Å². The lowest BCUT2D eigenvalue weighted by atomic mass is 10.1. The molecule has 1 aliphatic carbocycles. The Morgan fingerprint density at radius 3 is 2.64 bits per heavy atom. The standard InChI is InChI=1S/C27H19N5S/c1-4-16-5-2-13-29-25(16)19(6-1)23-15-22-20(7-3-12-28-22)26(31-23)30-18-10-11-21-24(14-18)33-27(32-21)17-8-9-17/h1-7,10-15,17H,8-9H2,(H,30,31). The van der Waals surface area contributed by atoms with Crippen molar-refractivity contribution < 1.29 is 0 Å². The van der Waals surface area contributed by atoms with Crippen LogP contribution >= 0.6 is 11.3 Å². The zero-order valence-electron chi connectivity index (χ0n) is 17.7. The van der Waals surface area contributed by atoms with Gasteiger partial charge in [-0.1, -0.05) is 24.3 Å². The van der Waals surface area contributed by atoms with Crippen LogP contribution in [0, 0.1) is 0 Å². The van der Waals surface area contributed by atoms with Gasteiger partial charge < -0.3 is 5.32 Å². The lowest BCUT2D eigenvalue weighted by Crippen LogP contribution is -1.98. The second-order valence-corrected chi connectivity index (χ2v) is 9.50. The number of fused-ring (bicyclic) bond motifs is 3. The van der Waals surface area contributed by atoms with Crippen molar-refractivity contribution in [2.75, 3.05) is 5.32 Å². The SMILES string of the molecule is c1cnc2c(-c3cc4ncccc4c(Nc4ccc5nc(C6CC6)sc5c4)n3)cccc2c1. The Kier molecular flexibility index (Phi) is 4.14. The van der Waals surface area contributed by atoms with Crippen molar-refractivity contribution in [1.82, 2.24) is 19.9 Å². The van der Waals surface area contributed by atoms with Crippen LogP contribution in [-0.2, 0) is 0 Å². The Labute approximate surface area is 194 Å². The van der Waals surface area contributed by atoms with Gasteiger partial charge in [0, 0.05) is 40.3 Å². The number of rotatable bonds is 4. The average molecular weight is 446 g/mol. The summed E-state index contributed by atoms with van der Waals surface area (Å²) in [7, 11) is 0. The minimum absolute atomic E-state index is 0.668. The fraction of sp³-hybridized carbons (Fsp3) is 0.111. The second kappa shape index (κ2) is 7.32. The molecule has 0 unspecified atom stereocenters. The van der Waals surface area contributed by atoms with Gasteiger partial charge in [-0.3, -0.25) is 9.97 Å². The van der Waals surface area contributed by atoms with Crippen LogP contribution in [0.1, 0.15) is 23.8 Å². The van der Waals surface area contributed by atoms with E-state index in [-0.39, 0.29) is 0 Å². The molecule has 1 fully saturated rings. The van der Waals surface area contributed by atoms with Gasteiger partial charge in [-0.15, -0.1) is 11.3 Å². The molecule has 6 heteroatoms. The molecule has 158 valence electrons. The molecule has 4 aromatic heterocycles. The number of hydrogen-bond donors (Lipinski definition) is 1. The van der Waals surface area contributed by atoms with Crippen LogP contribution in [0.2, 0.25) is 0 Å². The second-order valence-electron chi connectivity index (χ2n) is 8.44. The van der Waals surface area contributed by atoms with E-state index in [9.17, 15) is 0 Å². The summed E-state index contributed by atoms with van der Waals surface area (Å²) in [6.07, 6.45) is 6.18. The molecule has 2 aromatic carbocycles. The van der Waals surface area contributed by atoms with Gasteiger partial charge in [0.15, 0.2) is 0 Å². The van der Waals surface area contributed by atoms with Crippen LogP contribution in [0.25, 0.3) is 43.3 Å². The molecular formula is C27H19N5S. The number of pyridine rings is 3. The van der Waals surface area contributed by atoms with E-state index in [4.69, 9.17) is 9.97 Å². The highest BCUT2D eigenvalue weighted by Crippen LogP contribution is 2.43. The number of hydrogen-bond acceptors (Lipinski definition) is 6. The maximum atomic E-state index is 5.04. The van der Waals surface area contributed by atoms with Gasteiger partial charge in [0.1, 0.15) is 5.82 Å². The van der Waals surface area contributed by atoms with Crippen molar-refractivity contribution in [2.24, 2.45) is 0 Å². The number of nitrogens with zero attached hydrogens (tertiary/aromatic N) is 4. The Morgan fingerprint density at radius 2 is 1.70 bits per heavy atom. The van der Waals surface area contributed by atoms with Crippen LogP contribution in [0.5, 0.6) is 0 Å². The van der Waals surface area contributed by atoms with Crippen molar-refractivity contribution in [3.63, 3.8) is 0 Å².